The van der Waals surface area contributed by atoms with Gasteiger partial charge in [-0.1, -0.05) is 30.3 Å². The second-order valence-corrected chi connectivity index (χ2v) is 4.88. The van der Waals surface area contributed by atoms with Crippen molar-refractivity contribution in [2.75, 3.05) is 26.4 Å². The van der Waals surface area contributed by atoms with Crippen molar-refractivity contribution in [1.82, 2.24) is 0 Å². The first-order chi connectivity index (χ1) is 9.53. The maximum absolute atomic E-state index is 8.58. The lowest BCUT2D eigenvalue weighted by Crippen LogP contribution is -2.29. The van der Waals surface area contributed by atoms with Gasteiger partial charge in [-0.05, 0) is 5.56 Å². The van der Waals surface area contributed by atoms with Crippen molar-refractivity contribution < 1.29 is 29.5 Å². The molecule has 2 saturated heterocycles. The first kappa shape index (κ1) is 15.4. The highest BCUT2D eigenvalue weighted by atomic mass is 16.7. The molecule has 0 aromatic heterocycles. The predicted molar refractivity (Wildman–Crippen MR) is 69.8 cm³/mol. The van der Waals surface area contributed by atoms with Crippen LogP contribution in [0.25, 0.3) is 0 Å². The van der Waals surface area contributed by atoms with E-state index in [-0.39, 0.29) is 6.42 Å². The molecule has 2 heterocycles. The molecule has 2 aliphatic rings. The van der Waals surface area contributed by atoms with Gasteiger partial charge in [0.2, 0.25) is 0 Å². The minimum Gasteiger partial charge on any atom is -0.376 e. The zero-order valence-corrected chi connectivity index (χ0v) is 11.1. The van der Waals surface area contributed by atoms with E-state index in [2.05, 4.69) is 0 Å². The van der Waals surface area contributed by atoms with E-state index < -0.39 is 5.97 Å². The van der Waals surface area contributed by atoms with Gasteiger partial charge in [0.15, 0.2) is 0 Å². The van der Waals surface area contributed by atoms with Crippen molar-refractivity contribution in [2.24, 2.45) is 0 Å². The summed E-state index contributed by atoms with van der Waals surface area (Å²) in [6, 6.07) is 8.76. The van der Waals surface area contributed by atoms with Crippen molar-refractivity contribution in [1.29, 1.82) is 0 Å². The summed E-state index contributed by atoms with van der Waals surface area (Å²) in [6.45, 7) is 3.26. The molecule has 0 aliphatic carbocycles. The molecule has 0 radical (unpaired) electrons. The highest BCUT2D eigenvalue weighted by Crippen LogP contribution is 2.12. The van der Waals surface area contributed by atoms with Crippen molar-refractivity contribution in [3.63, 3.8) is 0 Å². The fraction of sp³-hybridized carbons (Fsp3) is 0.571. The monoisotopic (exact) mass is 284 g/mol. The van der Waals surface area contributed by atoms with Crippen molar-refractivity contribution >= 4 is 0 Å². The Morgan fingerprint density at radius 1 is 1.00 bits per heavy atom. The van der Waals surface area contributed by atoms with Gasteiger partial charge in [0.25, 0.3) is 5.97 Å². The second kappa shape index (κ2) is 7.12. The lowest BCUT2D eigenvalue weighted by Gasteiger charge is -2.13. The molecule has 6 nitrogen and oxygen atoms in total. The molecule has 0 saturated carbocycles. The van der Waals surface area contributed by atoms with Crippen molar-refractivity contribution in [3.05, 3.63) is 35.9 Å². The quantitative estimate of drug-likeness (QED) is 0.489. The fourth-order valence-electron chi connectivity index (χ4n) is 1.53. The first-order valence-electron chi connectivity index (χ1n) is 6.55. The average molecular weight is 284 g/mol. The van der Waals surface area contributed by atoms with E-state index in [4.69, 9.17) is 29.5 Å². The van der Waals surface area contributed by atoms with Crippen molar-refractivity contribution in [3.8, 4) is 0 Å². The topological polar surface area (TPSA) is 95.0 Å². The molecule has 2 fully saturated rings. The Kier molecular flexibility index (Phi) is 5.47. The van der Waals surface area contributed by atoms with Crippen LogP contribution in [0.3, 0.4) is 0 Å². The van der Waals surface area contributed by atoms with Crippen LogP contribution >= 0.6 is 0 Å². The largest absolute Gasteiger partial charge is 0.376 e. The number of benzene rings is 1. The molecule has 0 amide bonds. The van der Waals surface area contributed by atoms with Gasteiger partial charge in [0, 0.05) is 0 Å². The highest BCUT2D eigenvalue weighted by molar-refractivity contribution is 5.15. The van der Waals surface area contributed by atoms with E-state index in [0.717, 1.165) is 26.4 Å². The fourth-order valence-corrected chi connectivity index (χ4v) is 1.53. The molecular weight excluding hydrogens is 264 g/mol. The molecule has 0 bridgehead atoms. The smallest absolute Gasteiger partial charge is 0.279 e. The normalized spacial score (nSPS) is 23.8. The molecule has 2 atom stereocenters. The third-order valence-electron chi connectivity index (χ3n) is 2.70. The third kappa shape index (κ3) is 7.54. The van der Waals surface area contributed by atoms with Gasteiger partial charge in [-0.2, -0.15) is 0 Å². The molecule has 112 valence electrons. The number of rotatable bonds is 6. The van der Waals surface area contributed by atoms with Crippen LogP contribution in [-0.2, 0) is 20.6 Å². The summed E-state index contributed by atoms with van der Waals surface area (Å²) in [5, 5.41) is 25.7. The number of hydrogen-bond acceptors (Lipinski definition) is 6. The van der Waals surface area contributed by atoms with Gasteiger partial charge in [-0.3, -0.25) is 0 Å². The van der Waals surface area contributed by atoms with Gasteiger partial charge in [-0.15, -0.1) is 0 Å². The summed E-state index contributed by atoms with van der Waals surface area (Å²) in [5.74, 6) is -2.60. The molecule has 6 heteroatoms. The maximum atomic E-state index is 8.58. The van der Waals surface area contributed by atoms with Crippen LogP contribution in [0.4, 0.5) is 0 Å². The SMILES string of the molecule is C(OCC1CO1)C1CO1.OC(O)(O)Cc1ccccc1. The average Bonchev–Trinajstić information content (AvgIpc) is 3.24. The second-order valence-electron chi connectivity index (χ2n) is 4.88. The summed E-state index contributed by atoms with van der Waals surface area (Å²) in [6.07, 6.45) is 0.612. The highest BCUT2D eigenvalue weighted by Gasteiger charge is 2.26. The number of ether oxygens (including phenoxy) is 3. The molecule has 0 spiro atoms. The molecule has 3 rings (SSSR count). The van der Waals surface area contributed by atoms with E-state index >= 15 is 0 Å². The van der Waals surface area contributed by atoms with Crippen LogP contribution in [0.5, 0.6) is 0 Å². The Morgan fingerprint density at radius 3 is 1.90 bits per heavy atom. The molecular formula is C14H20O6. The minimum atomic E-state index is -2.60. The Labute approximate surface area is 117 Å². The van der Waals surface area contributed by atoms with Crippen LogP contribution in [0.15, 0.2) is 30.3 Å². The zero-order chi connectivity index (χ0) is 14.4. The molecule has 2 unspecified atom stereocenters. The molecule has 3 N–H and O–H groups in total. The summed E-state index contributed by atoms with van der Waals surface area (Å²) < 4.78 is 15.1. The molecule has 1 aromatic rings. The van der Waals surface area contributed by atoms with Gasteiger partial charge in [-0.25, -0.2) is 0 Å². The van der Waals surface area contributed by atoms with E-state index in [1.807, 2.05) is 6.07 Å². The van der Waals surface area contributed by atoms with E-state index in [1.54, 1.807) is 24.3 Å². The predicted octanol–water partition coefficient (Wildman–Crippen LogP) is -0.340. The van der Waals surface area contributed by atoms with Gasteiger partial charge >= 0.3 is 0 Å². The van der Waals surface area contributed by atoms with E-state index in [1.165, 1.54) is 0 Å². The standard InChI is InChI=1S/C8H10O3.C6H10O3/c9-8(10,11)6-7-4-2-1-3-5-7;1(5-3-8-5)7-2-6-4-9-6/h1-5,9-11H,6H2;5-6H,1-4H2. The van der Waals surface area contributed by atoms with Crippen LogP contribution in [0.1, 0.15) is 5.56 Å². The Morgan fingerprint density at radius 2 is 1.50 bits per heavy atom. The Bertz CT molecular complexity index is 368. The molecule has 20 heavy (non-hydrogen) atoms. The van der Waals surface area contributed by atoms with Gasteiger partial charge in [0.1, 0.15) is 12.2 Å². The van der Waals surface area contributed by atoms with E-state index in [9.17, 15) is 0 Å². The summed E-state index contributed by atoms with van der Waals surface area (Å²) in [4.78, 5) is 0. The van der Waals surface area contributed by atoms with Crippen molar-refractivity contribution in [2.45, 2.75) is 24.6 Å². The maximum Gasteiger partial charge on any atom is 0.279 e. The van der Waals surface area contributed by atoms with Crippen LogP contribution in [-0.4, -0.2) is 59.9 Å². The summed E-state index contributed by atoms with van der Waals surface area (Å²) >= 11 is 0. The number of epoxide rings is 2. The summed E-state index contributed by atoms with van der Waals surface area (Å²) in [5.41, 5.74) is 0.681. The summed E-state index contributed by atoms with van der Waals surface area (Å²) in [7, 11) is 0. The lowest BCUT2D eigenvalue weighted by atomic mass is 10.1. The van der Waals surface area contributed by atoms with E-state index in [0.29, 0.717) is 17.8 Å². The Balaban J connectivity index is 0.000000149. The number of aliphatic hydroxyl groups is 3. The van der Waals surface area contributed by atoms with Gasteiger partial charge in [0.05, 0.1) is 32.8 Å². The number of hydrogen-bond donors (Lipinski definition) is 3. The van der Waals surface area contributed by atoms with Gasteiger partial charge < -0.3 is 29.5 Å². The third-order valence-corrected chi connectivity index (χ3v) is 2.70. The zero-order valence-electron chi connectivity index (χ0n) is 11.1. The van der Waals surface area contributed by atoms with Crippen LogP contribution < -0.4 is 0 Å². The lowest BCUT2D eigenvalue weighted by molar-refractivity contribution is -0.309. The first-order valence-corrected chi connectivity index (χ1v) is 6.55. The Hall–Kier alpha value is -1.02. The minimum absolute atomic E-state index is 0.173. The van der Waals surface area contributed by atoms with Crippen LogP contribution in [0.2, 0.25) is 0 Å². The molecule has 1 aromatic carbocycles. The molecule has 2 aliphatic heterocycles. The van der Waals surface area contributed by atoms with Crippen LogP contribution in [0, 0.1) is 0 Å².